The molecule has 1 saturated carbocycles. The second-order valence-electron chi connectivity index (χ2n) is 5.54. The SMILES string of the molecule is CCCNS(=O)(=O)c1ccc(OC2CCCC(N)C2)cc1. The summed E-state index contributed by atoms with van der Waals surface area (Å²) >= 11 is 0. The zero-order chi connectivity index (χ0) is 15.3. The third-order valence-electron chi connectivity index (χ3n) is 3.65. The number of benzene rings is 1. The molecule has 5 nitrogen and oxygen atoms in total. The molecule has 1 aliphatic carbocycles. The fourth-order valence-corrected chi connectivity index (χ4v) is 3.63. The molecule has 118 valence electrons. The van der Waals surface area contributed by atoms with Gasteiger partial charge in [0.15, 0.2) is 0 Å². The Hall–Kier alpha value is -1.11. The Kier molecular flexibility index (Phi) is 5.61. The topological polar surface area (TPSA) is 81.4 Å². The van der Waals surface area contributed by atoms with Crippen molar-refractivity contribution in [3.8, 4) is 5.75 Å². The number of ether oxygens (including phenoxy) is 1. The summed E-state index contributed by atoms with van der Waals surface area (Å²) in [7, 11) is -3.41. The smallest absolute Gasteiger partial charge is 0.240 e. The predicted molar refractivity (Wildman–Crippen MR) is 82.8 cm³/mol. The van der Waals surface area contributed by atoms with Crippen molar-refractivity contribution in [2.75, 3.05) is 6.54 Å². The summed E-state index contributed by atoms with van der Waals surface area (Å²) in [4.78, 5) is 0.267. The Labute approximate surface area is 126 Å². The molecule has 0 spiro atoms. The van der Waals surface area contributed by atoms with Crippen LogP contribution in [0.3, 0.4) is 0 Å². The summed E-state index contributed by atoms with van der Waals surface area (Å²) in [5.74, 6) is 0.698. The van der Waals surface area contributed by atoms with Crippen molar-refractivity contribution in [1.29, 1.82) is 0 Å². The molecular formula is C15H24N2O3S. The summed E-state index contributed by atoms with van der Waals surface area (Å²) in [6.07, 6.45) is 4.90. The molecule has 1 aromatic carbocycles. The van der Waals surface area contributed by atoms with Gasteiger partial charge < -0.3 is 10.5 Å². The highest BCUT2D eigenvalue weighted by molar-refractivity contribution is 7.89. The van der Waals surface area contributed by atoms with Crippen LogP contribution >= 0.6 is 0 Å². The molecule has 0 aromatic heterocycles. The van der Waals surface area contributed by atoms with Crippen molar-refractivity contribution >= 4 is 10.0 Å². The van der Waals surface area contributed by atoms with Crippen LogP contribution in [0.4, 0.5) is 0 Å². The molecule has 0 saturated heterocycles. The lowest BCUT2D eigenvalue weighted by atomic mass is 9.93. The summed E-state index contributed by atoms with van der Waals surface area (Å²) in [5.41, 5.74) is 5.94. The predicted octanol–water partition coefficient (Wildman–Crippen LogP) is 2.02. The van der Waals surface area contributed by atoms with Crippen molar-refractivity contribution in [3.05, 3.63) is 24.3 Å². The van der Waals surface area contributed by atoms with Gasteiger partial charge in [-0.2, -0.15) is 0 Å². The molecule has 2 atom stereocenters. The lowest BCUT2D eigenvalue weighted by Gasteiger charge is -2.27. The van der Waals surface area contributed by atoms with Gasteiger partial charge in [-0.1, -0.05) is 6.92 Å². The molecule has 0 amide bonds. The second kappa shape index (κ2) is 7.24. The van der Waals surface area contributed by atoms with Crippen LogP contribution in [0, 0.1) is 0 Å². The number of nitrogens with one attached hydrogen (secondary N) is 1. The van der Waals surface area contributed by atoms with Gasteiger partial charge in [0.05, 0.1) is 4.90 Å². The van der Waals surface area contributed by atoms with Crippen LogP contribution in [-0.2, 0) is 10.0 Å². The Balaban J connectivity index is 1.98. The summed E-state index contributed by atoms with van der Waals surface area (Å²) in [6, 6.07) is 6.79. The highest BCUT2D eigenvalue weighted by atomic mass is 32.2. The third kappa shape index (κ3) is 4.69. The van der Waals surface area contributed by atoms with E-state index in [1.165, 1.54) is 0 Å². The maximum Gasteiger partial charge on any atom is 0.240 e. The van der Waals surface area contributed by atoms with Crippen molar-refractivity contribution < 1.29 is 13.2 Å². The maximum atomic E-state index is 12.0. The molecule has 1 aromatic rings. The minimum Gasteiger partial charge on any atom is -0.490 e. The lowest BCUT2D eigenvalue weighted by Crippen LogP contribution is -2.33. The van der Waals surface area contributed by atoms with Crippen LogP contribution < -0.4 is 15.2 Å². The minimum atomic E-state index is -3.41. The second-order valence-corrected chi connectivity index (χ2v) is 7.30. The molecule has 2 rings (SSSR count). The van der Waals surface area contributed by atoms with Gasteiger partial charge in [-0.15, -0.1) is 0 Å². The Bertz CT molecular complexity index is 543. The van der Waals surface area contributed by atoms with Gasteiger partial charge in [-0.05, 0) is 56.4 Å². The monoisotopic (exact) mass is 312 g/mol. The van der Waals surface area contributed by atoms with E-state index < -0.39 is 10.0 Å². The third-order valence-corrected chi connectivity index (χ3v) is 5.12. The van der Waals surface area contributed by atoms with Gasteiger partial charge >= 0.3 is 0 Å². The van der Waals surface area contributed by atoms with Crippen LogP contribution in [0.5, 0.6) is 5.75 Å². The first kappa shape index (κ1) is 16.3. The average molecular weight is 312 g/mol. The maximum absolute atomic E-state index is 12.0. The Morgan fingerprint density at radius 1 is 1.29 bits per heavy atom. The van der Waals surface area contributed by atoms with Gasteiger partial charge in [0.25, 0.3) is 0 Å². The molecule has 0 radical (unpaired) electrons. The van der Waals surface area contributed by atoms with Gasteiger partial charge in [0, 0.05) is 12.6 Å². The first-order chi connectivity index (χ1) is 10.0. The van der Waals surface area contributed by atoms with Gasteiger partial charge in [-0.3, -0.25) is 0 Å². The Morgan fingerprint density at radius 3 is 2.62 bits per heavy atom. The molecule has 1 fully saturated rings. The number of sulfonamides is 1. The first-order valence-electron chi connectivity index (χ1n) is 7.53. The fourth-order valence-electron chi connectivity index (χ4n) is 2.50. The molecular weight excluding hydrogens is 288 g/mol. The van der Waals surface area contributed by atoms with E-state index in [0.717, 1.165) is 32.1 Å². The van der Waals surface area contributed by atoms with E-state index in [4.69, 9.17) is 10.5 Å². The van der Waals surface area contributed by atoms with E-state index >= 15 is 0 Å². The molecule has 3 N–H and O–H groups in total. The fraction of sp³-hybridized carbons (Fsp3) is 0.600. The van der Waals surface area contributed by atoms with Gasteiger partial charge in [0.1, 0.15) is 11.9 Å². The highest BCUT2D eigenvalue weighted by Gasteiger charge is 2.21. The van der Waals surface area contributed by atoms with Crippen LogP contribution in [0.2, 0.25) is 0 Å². The van der Waals surface area contributed by atoms with Crippen molar-refractivity contribution in [2.24, 2.45) is 5.73 Å². The standard InChI is InChI=1S/C15H24N2O3S/c1-2-10-17-21(18,19)15-8-6-13(7-9-15)20-14-5-3-4-12(16)11-14/h6-9,12,14,17H,2-5,10-11,16H2,1H3. The molecule has 0 heterocycles. The molecule has 1 aliphatic rings. The van der Waals surface area contributed by atoms with Crippen LogP contribution in [0.1, 0.15) is 39.0 Å². The quantitative estimate of drug-likeness (QED) is 0.842. The molecule has 21 heavy (non-hydrogen) atoms. The molecule has 6 heteroatoms. The molecule has 2 unspecified atom stereocenters. The minimum absolute atomic E-state index is 0.134. The van der Waals surface area contributed by atoms with Gasteiger partial charge in [-0.25, -0.2) is 13.1 Å². The number of hydrogen-bond donors (Lipinski definition) is 2. The number of rotatable bonds is 6. The van der Waals surface area contributed by atoms with Crippen molar-refractivity contribution in [3.63, 3.8) is 0 Å². The largest absolute Gasteiger partial charge is 0.490 e. The van der Waals surface area contributed by atoms with E-state index in [1.54, 1.807) is 24.3 Å². The number of nitrogens with two attached hydrogens (primary N) is 1. The zero-order valence-corrected chi connectivity index (χ0v) is 13.2. The normalized spacial score (nSPS) is 23.0. The Morgan fingerprint density at radius 2 is 2.00 bits per heavy atom. The van der Waals surface area contributed by atoms with E-state index in [0.29, 0.717) is 12.3 Å². The van der Waals surface area contributed by atoms with Crippen LogP contribution in [0.15, 0.2) is 29.2 Å². The summed E-state index contributed by atoms with van der Waals surface area (Å²) in [6.45, 7) is 2.37. The van der Waals surface area contributed by atoms with Crippen molar-refractivity contribution in [1.82, 2.24) is 4.72 Å². The summed E-state index contributed by atoms with van der Waals surface area (Å²) < 4.78 is 32.4. The van der Waals surface area contributed by atoms with E-state index in [2.05, 4.69) is 4.72 Å². The highest BCUT2D eigenvalue weighted by Crippen LogP contribution is 2.24. The van der Waals surface area contributed by atoms with E-state index in [1.807, 2.05) is 6.92 Å². The van der Waals surface area contributed by atoms with Gasteiger partial charge in [0.2, 0.25) is 10.0 Å². The first-order valence-corrected chi connectivity index (χ1v) is 9.01. The zero-order valence-electron chi connectivity index (χ0n) is 12.4. The average Bonchev–Trinajstić information content (AvgIpc) is 2.46. The van der Waals surface area contributed by atoms with Crippen LogP contribution in [0.25, 0.3) is 0 Å². The lowest BCUT2D eigenvalue weighted by molar-refractivity contribution is 0.144. The molecule has 0 bridgehead atoms. The van der Waals surface area contributed by atoms with E-state index in [-0.39, 0.29) is 17.0 Å². The number of hydrogen-bond acceptors (Lipinski definition) is 4. The molecule has 0 aliphatic heterocycles. The van der Waals surface area contributed by atoms with E-state index in [9.17, 15) is 8.42 Å². The van der Waals surface area contributed by atoms with Crippen LogP contribution in [-0.4, -0.2) is 27.1 Å². The van der Waals surface area contributed by atoms with Crippen molar-refractivity contribution in [2.45, 2.75) is 56.1 Å². The summed E-state index contributed by atoms with van der Waals surface area (Å²) in [5, 5.41) is 0.